The second kappa shape index (κ2) is 11.2. The van der Waals surface area contributed by atoms with Gasteiger partial charge in [0.2, 0.25) is 0 Å². The molecule has 0 unspecified atom stereocenters. The van der Waals surface area contributed by atoms with Crippen molar-refractivity contribution in [1.82, 2.24) is 4.98 Å². The number of alkyl halides is 3. The lowest BCUT2D eigenvalue weighted by Crippen LogP contribution is -2.09. The fourth-order valence-corrected chi connectivity index (χ4v) is 3.46. The average Bonchev–Trinajstić information content (AvgIpc) is 3.08. The molecule has 2 rings (SSSR count). The second-order valence-corrected chi connectivity index (χ2v) is 7.36. The molecule has 3 nitrogen and oxygen atoms in total. The van der Waals surface area contributed by atoms with Gasteiger partial charge in [-0.25, -0.2) is 9.18 Å². The van der Waals surface area contributed by atoms with Gasteiger partial charge < -0.3 is 9.72 Å². The number of hydrogen-bond donors (Lipinski definition) is 1. The number of H-pyrrole nitrogens is 1. The molecule has 2 aromatic rings. The fourth-order valence-electron chi connectivity index (χ4n) is 3.46. The van der Waals surface area contributed by atoms with Gasteiger partial charge >= 0.3 is 12.1 Å². The Morgan fingerprint density at radius 3 is 2.30 bits per heavy atom. The van der Waals surface area contributed by atoms with Gasteiger partial charge in [0.05, 0.1) is 12.2 Å². The van der Waals surface area contributed by atoms with Crippen LogP contribution in [0.15, 0.2) is 24.4 Å². The standard InChI is InChI=1S/C23H29F4NO2/c1-3-5-6-7-8-9-10-11-16-12-13-17(19(14-16)23(25,26)27)18-15-28-21(20(18)24)22(29)30-4-2/h12-15,28H,3-11H2,1-2H3. The van der Waals surface area contributed by atoms with Gasteiger partial charge in [0, 0.05) is 11.8 Å². The molecule has 0 aliphatic carbocycles. The zero-order valence-electron chi connectivity index (χ0n) is 17.5. The van der Waals surface area contributed by atoms with Gasteiger partial charge in [-0.3, -0.25) is 0 Å². The molecule has 1 heterocycles. The lowest BCUT2D eigenvalue weighted by atomic mass is 9.96. The number of aromatic amines is 1. The molecule has 0 atom stereocenters. The molecule has 7 heteroatoms. The molecule has 30 heavy (non-hydrogen) atoms. The maximum Gasteiger partial charge on any atom is 0.417 e. The maximum atomic E-state index is 14.6. The molecule has 1 aromatic carbocycles. The van der Waals surface area contributed by atoms with Gasteiger partial charge in [0.15, 0.2) is 11.5 Å². The molecule has 0 spiro atoms. The van der Waals surface area contributed by atoms with E-state index in [-0.39, 0.29) is 17.7 Å². The maximum absolute atomic E-state index is 14.6. The van der Waals surface area contributed by atoms with Gasteiger partial charge in [-0.05, 0) is 37.0 Å². The zero-order chi connectivity index (χ0) is 22.1. The van der Waals surface area contributed by atoms with Gasteiger partial charge in [-0.15, -0.1) is 0 Å². The number of rotatable bonds is 11. The van der Waals surface area contributed by atoms with E-state index in [1.807, 2.05) is 0 Å². The first-order valence-corrected chi connectivity index (χ1v) is 10.5. The van der Waals surface area contributed by atoms with Crippen LogP contribution in [0.2, 0.25) is 0 Å². The molecule has 0 aliphatic heterocycles. The van der Waals surface area contributed by atoms with Crippen molar-refractivity contribution < 1.29 is 27.1 Å². The van der Waals surface area contributed by atoms with E-state index in [4.69, 9.17) is 4.74 Å². The number of esters is 1. The molecular weight excluding hydrogens is 398 g/mol. The van der Waals surface area contributed by atoms with Crippen molar-refractivity contribution in [2.24, 2.45) is 0 Å². The number of aryl methyl sites for hydroxylation is 1. The highest BCUT2D eigenvalue weighted by Gasteiger charge is 2.35. The number of carbonyl (C=O) groups is 1. The quantitative estimate of drug-likeness (QED) is 0.232. The number of carbonyl (C=O) groups excluding carboxylic acids is 1. The zero-order valence-corrected chi connectivity index (χ0v) is 17.5. The summed E-state index contributed by atoms with van der Waals surface area (Å²) in [5.74, 6) is -1.98. The number of ether oxygens (including phenoxy) is 1. The van der Waals surface area contributed by atoms with Crippen LogP contribution >= 0.6 is 0 Å². The minimum absolute atomic E-state index is 0.0354. The van der Waals surface area contributed by atoms with Gasteiger partial charge in [-0.2, -0.15) is 13.2 Å². The third-order valence-corrected chi connectivity index (χ3v) is 5.04. The Balaban J connectivity index is 2.17. The normalized spacial score (nSPS) is 11.7. The van der Waals surface area contributed by atoms with Gasteiger partial charge in [0.1, 0.15) is 0 Å². The van der Waals surface area contributed by atoms with Crippen molar-refractivity contribution in [3.63, 3.8) is 0 Å². The van der Waals surface area contributed by atoms with Crippen molar-refractivity contribution in [3.8, 4) is 11.1 Å². The Hall–Kier alpha value is -2.31. The van der Waals surface area contributed by atoms with Gasteiger partial charge in [-0.1, -0.05) is 57.6 Å². The molecule has 0 saturated carbocycles. The molecule has 166 valence electrons. The van der Waals surface area contributed by atoms with Crippen LogP contribution < -0.4 is 0 Å². The largest absolute Gasteiger partial charge is 0.461 e. The summed E-state index contributed by atoms with van der Waals surface area (Å²) in [6, 6.07) is 3.96. The second-order valence-electron chi connectivity index (χ2n) is 7.36. The summed E-state index contributed by atoms with van der Waals surface area (Å²) in [5.41, 5.74) is -1.41. The predicted octanol–water partition coefficient (Wildman–Crippen LogP) is 7.31. The average molecular weight is 427 g/mol. The van der Waals surface area contributed by atoms with E-state index < -0.39 is 29.2 Å². The lowest BCUT2D eigenvalue weighted by Gasteiger charge is -2.14. The van der Waals surface area contributed by atoms with Crippen LogP contribution in [-0.2, 0) is 17.3 Å². The summed E-state index contributed by atoms with van der Waals surface area (Å²) in [6.07, 6.45) is 4.57. The van der Waals surface area contributed by atoms with E-state index in [1.54, 1.807) is 13.0 Å². The van der Waals surface area contributed by atoms with Crippen molar-refractivity contribution >= 4 is 5.97 Å². The van der Waals surface area contributed by atoms with Crippen LogP contribution in [0.3, 0.4) is 0 Å². The van der Waals surface area contributed by atoms with E-state index in [0.29, 0.717) is 12.0 Å². The van der Waals surface area contributed by atoms with Crippen LogP contribution in [0.1, 0.15) is 80.4 Å². The smallest absolute Gasteiger partial charge is 0.417 e. The Kier molecular flexibility index (Phi) is 8.93. The van der Waals surface area contributed by atoms with E-state index in [2.05, 4.69) is 11.9 Å². The first kappa shape index (κ1) is 24.0. The number of unbranched alkanes of at least 4 members (excludes halogenated alkanes) is 6. The van der Waals surface area contributed by atoms with Crippen LogP contribution in [0.4, 0.5) is 17.6 Å². The SMILES string of the molecule is CCCCCCCCCc1ccc(-c2c[nH]c(C(=O)OCC)c2F)c(C(F)(F)F)c1. The highest BCUT2D eigenvalue weighted by Crippen LogP contribution is 2.39. The molecule has 0 aliphatic rings. The van der Waals surface area contributed by atoms with Gasteiger partial charge in [0.25, 0.3) is 0 Å². The fraction of sp³-hybridized carbons (Fsp3) is 0.522. The molecule has 0 amide bonds. The van der Waals surface area contributed by atoms with Crippen LogP contribution in [0.25, 0.3) is 11.1 Å². The van der Waals surface area contributed by atoms with E-state index in [1.165, 1.54) is 25.3 Å². The Morgan fingerprint density at radius 2 is 1.67 bits per heavy atom. The highest BCUT2D eigenvalue weighted by molar-refractivity contribution is 5.90. The Bertz CT molecular complexity index is 827. The summed E-state index contributed by atoms with van der Waals surface area (Å²) < 4.78 is 60.4. The van der Waals surface area contributed by atoms with Crippen LogP contribution in [-0.4, -0.2) is 17.6 Å². The highest BCUT2D eigenvalue weighted by atomic mass is 19.4. The minimum atomic E-state index is -4.64. The molecule has 0 fully saturated rings. The summed E-state index contributed by atoms with van der Waals surface area (Å²) in [4.78, 5) is 14.2. The van der Waals surface area contributed by atoms with Crippen LogP contribution in [0.5, 0.6) is 0 Å². The number of benzene rings is 1. The van der Waals surface area contributed by atoms with E-state index in [0.717, 1.165) is 37.9 Å². The third kappa shape index (κ3) is 6.34. The number of hydrogen-bond acceptors (Lipinski definition) is 2. The first-order valence-electron chi connectivity index (χ1n) is 10.5. The number of aromatic nitrogens is 1. The predicted molar refractivity (Wildman–Crippen MR) is 109 cm³/mol. The molecular formula is C23H29F4NO2. The topological polar surface area (TPSA) is 42.1 Å². The number of halogens is 4. The van der Waals surface area contributed by atoms with Crippen molar-refractivity contribution in [3.05, 3.63) is 47.0 Å². The minimum Gasteiger partial charge on any atom is -0.461 e. The monoisotopic (exact) mass is 427 g/mol. The first-order chi connectivity index (χ1) is 14.3. The Labute approximate surface area is 174 Å². The molecule has 1 N–H and O–H groups in total. The summed E-state index contributed by atoms with van der Waals surface area (Å²) in [5, 5.41) is 0. The summed E-state index contributed by atoms with van der Waals surface area (Å²) >= 11 is 0. The molecule has 1 aromatic heterocycles. The van der Waals surface area contributed by atoms with E-state index in [9.17, 15) is 22.4 Å². The van der Waals surface area contributed by atoms with Crippen molar-refractivity contribution in [2.45, 2.75) is 71.4 Å². The third-order valence-electron chi connectivity index (χ3n) is 5.04. The van der Waals surface area contributed by atoms with Crippen molar-refractivity contribution in [2.75, 3.05) is 6.61 Å². The summed E-state index contributed by atoms with van der Waals surface area (Å²) in [6.45, 7) is 3.75. The molecule has 0 radical (unpaired) electrons. The van der Waals surface area contributed by atoms with E-state index >= 15 is 0 Å². The number of nitrogens with one attached hydrogen (secondary N) is 1. The molecule has 0 saturated heterocycles. The lowest BCUT2D eigenvalue weighted by molar-refractivity contribution is -0.137. The Morgan fingerprint density at radius 1 is 1.00 bits per heavy atom. The molecule has 0 bridgehead atoms. The van der Waals surface area contributed by atoms with Crippen LogP contribution in [0, 0.1) is 5.82 Å². The summed E-state index contributed by atoms with van der Waals surface area (Å²) in [7, 11) is 0. The van der Waals surface area contributed by atoms with Crippen molar-refractivity contribution in [1.29, 1.82) is 0 Å².